The Morgan fingerprint density at radius 2 is 2.00 bits per heavy atom. The Labute approximate surface area is 102 Å². The minimum Gasteiger partial charge on any atom is -0.389 e. The molecule has 1 aromatic carbocycles. The van der Waals surface area contributed by atoms with E-state index in [2.05, 4.69) is 11.8 Å². The van der Waals surface area contributed by atoms with E-state index in [0.29, 0.717) is 11.3 Å². The van der Waals surface area contributed by atoms with Gasteiger partial charge < -0.3 is 10.0 Å². The molecule has 1 heterocycles. The van der Waals surface area contributed by atoms with Crippen molar-refractivity contribution in [2.75, 3.05) is 18.0 Å². The lowest BCUT2D eigenvalue weighted by atomic mass is 9.98. The predicted molar refractivity (Wildman–Crippen MR) is 67.6 cm³/mol. The Morgan fingerprint density at radius 1 is 1.35 bits per heavy atom. The Balaban J connectivity index is 2.16. The molecular weight excluding hydrogens is 217 g/mol. The summed E-state index contributed by atoms with van der Waals surface area (Å²) in [6, 6.07) is 5.03. The van der Waals surface area contributed by atoms with Gasteiger partial charge in [0.05, 0.1) is 11.8 Å². The zero-order chi connectivity index (χ0) is 12.4. The van der Waals surface area contributed by atoms with Crippen molar-refractivity contribution in [2.24, 2.45) is 5.92 Å². The van der Waals surface area contributed by atoms with Crippen molar-refractivity contribution in [3.63, 3.8) is 0 Å². The van der Waals surface area contributed by atoms with Crippen LogP contribution in [0.3, 0.4) is 0 Å². The Bertz CT molecular complexity index is 384. The molecule has 0 saturated carbocycles. The molecule has 0 aromatic heterocycles. The lowest BCUT2D eigenvalue weighted by molar-refractivity contribution is 0.199. The molecule has 1 aliphatic heterocycles. The van der Waals surface area contributed by atoms with Crippen LogP contribution in [0, 0.1) is 11.7 Å². The maximum atomic E-state index is 13.9. The summed E-state index contributed by atoms with van der Waals surface area (Å²) in [6.07, 6.45) is 1.63. The monoisotopic (exact) mass is 237 g/mol. The first-order chi connectivity index (χ1) is 8.08. The first-order valence-electron chi connectivity index (χ1n) is 6.30. The molecule has 2 rings (SSSR count). The van der Waals surface area contributed by atoms with Gasteiger partial charge in [-0.15, -0.1) is 0 Å². The second-order valence-electron chi connectivity index (χ2n) is 5.06. The average molecular weight is 237 g/mol. The van der Waals surface area contributed by atoms with Crippen molar-refractivity contribution in [3.05, 3.63) is 29.6 Å². The molecule has 0 amide bonds. The first kappa shape index (κ1) is 12.4. The third kappa shape index (κ3) is 2.78. The van der Waals surface area contributed by atoms with Crippen molar-refractivity contribution in [1.82, 2.24) is 0 Å². The van der Waals surface area contributed by atoms with E-state index in [1.165, 1.54) is 6.07 Å². The van der Waals surface area contributed by atoms with Crippen molar-refractivity contribution in [2.45, 2.75) is 32.8 Å². The summed E-state index contributed by atoms with van der Waals surface area (Å²) in [4.78, 5) is 2.10. The second kappa shape index (κ2) is 5.05. The van der Waals surface area contributed by atoms with Crippen molar-refractivity contribution in [1.29, 1.82) is 0 Å². The molecule has 17 heavy (non-hydrogen) atoms. The van der Waals surface area contributed by atoms with Crippen LogP contribution < -0.4 is 4.90 Å². The Hall–Kier alpha value is -1.09. The second-order valence-corrected chi connectivity index (χ2v) is 5.06. The zero-order valence-electron chi connectivity index (χ0n) is 10.5. The molecule has 1 N–H and O–H groups in total. The van der Waals surface area contributed by atoms with E-state index in [-0.39, 0.29) is 5.82 Å². The average Bonchev–Trinajstić information content (AvgIpc) is 2.30. The quantitative estimate of drug-likeness (QED) is 0.854. The summed E-state index contributed by atoms with van der Waals surface area (Å²) >= 11 is 0. The van der Waals surface area contributed by atoms with Crippen LogP contribution in [0.15, 0.2) is 18.2 Å². The number of piperidine rings is 1. The highest BCUT2D eigenvalue weighted by Crippen LogP contribution is 2.27. The Kier molecular flexibility index (Phi) is 3.67. The van der Waals surface area contributed by atoms with Gasteiger partial charge in [-0.2, -0.15) is 0 Å². The standard InChI is InChI=1S/C14H20FNO/c1-10-5-7-16(8-6-10)14-4-3-12(11(2)17)9-13(14)15/h3-4,9-11,17H,5-8H2,1-2H3/t11-/m1/s1. The van der Waals surface area contributed by atoms with E-state index >= 15 is 0 Å². The van der Waals surface area contributed by atoms with Gasteiger partial charge in [0.1, 0.15) is 5.82 Å². The fourth-order valence-electron chi connectivity index (χ4n) is 2.29. The lowest BCUT2D eigenvalue weighted by Crippen LogP contribution is -2.33. The molecule has 0 aliphatic carbocycles. The Morgan fingerprint density at radius 3 is 2.53 bits per heavy atom. The highest BCUT2D eigenvalue weighted by atomic mass is 19.1. The molecule has 94 valence electrons. The maximum absolute atomic E-state index is 13.9. The smallest absolute Gasteiger partial charge is 0.146 e. The molecule has 1 saturated heterocycles. The van der Waals surface area contributed by atoms with Gasteiger partial charge in [-0.05, 0) is 43.4 Å². The van der Waals surface area contributed by atoms with Gasteiger partial charge in [-0.25, -0.2) is 4.39 Å². The molecule has 0 radical (unpaired) electrons. The van der Waals surface area contributed by atoms with Crippen molar-refractivity contribution >= 4 is 5.69 Å². The number of nitrogens with zero attached hydrogens (tertiary/aromatic N) is 1. The van der Waals surface area contributed by atoms with Gasteiger partial charge in [-0.3, -0.25) is 0 Å². The molecule has 2 nitrogen and oxygen atoms in total. The van der Waals surface area contributed by atoms with Gasteiger partial charge in [0.25, 0.3) is 0 Å². The molecule has 1 aromatic rings. The fraction of sp³-hybridized carbons (Fsp3) is 0.571. The van der Waals surface area contributed by atoms with Gasteiger partial charge in [0, 0.05) is 13.1 Å². The molecule has 0 bridgehead atoms. The van der Waals surface area contributed by atoms with Gasteiger partial charge >= 0.3 is 0 Å². The van der Waals surface area contributed by atoms with E-state index in [1.807, 2.05) is 0 Å². The summed E-state index contributed by atoms with van der Waals surface area (Å²) < 4.78 is 13.9. The molecule has 1 fully saturated rings. The number of aliphatic hydroxyl groups is 1. The summed E-state index contributed by atoms with van der Waals surface area (Å²) in [7, 11) is 0. The van der Waals surface area contributed by atoms with E-state index in [0.717, 1.165) is 31.8 Å². The van der Waals surface area contributed by atoms with Crippen LogP contribution in [0.4, 0.5) is 10.1 Å². The summed E-state index contributed by atoms with van der Waals surface area (Å²) in [5.74, 6) is 0.518. The largest absolute Gasteiger partial charge is 0.389 e. The number of rotatable bonds is 2. The highest BCUT2D eigenvalue weighted by Gasteiger charge is 2.19. The SMILES string of the molecule is CC1CCN(c2ccc([C@@H](C)O)cc2F)CC1. The van der Waals surface area contributed by atoms with E-state index in [1.54, 1.807) is 19.1 Å². The molecule has 0 unspecified atom stereocenters. The van der Waals surface area contributed by atoms with Crippen LogP contribution in [-0.4, -0.2) is 18.2 Å². The number of hydrogen-bond donors (Lipinski definition) is 1. The van der Waals surface area contributed by atoms with E-state index in [4.69, 9.17) is 0 Å². The third-order valence-corrected chi connectivity index (χ3v) is 3.58. The number of benzene rings is 1. The summed E-state index contributed by atoms with van der Waals surface area (Å²) in [5, 5.41) is 9.40. The molecular formula is C14H20FNO. The molecule has 3 heteroatoms. The van der Waals surface area contributed by atoms with E-state index in [9.17, 15) is 9.50 Å². The van der Waals surface area contributed by atoms with Crippen LogP contribution in [0.1, 0.15) is 38.4 Å². The zero-order valence-corrected chi connectivity index (χ0v) is 10.5. The minimum absolute atomic E-state index is 0.224. The number of hydrogen-bond acceptors (Lipinski definition) is 2. The van der Waals surface area contributed by atoms with Crippen molar-refractivity contribution < 1.29 is 9.50 Å². The number of halogens is 1. The summed E-state index contributed by atoms with van der Waals surface area (Å²) in [6.45, 7) is 5.74. The third-order valence-electron chi connectivity index (χ3n) is 3.58. The normalized spacial score (nSPS) is 19.4. The lowest BCUT2D eigenvalue weighted by Gasteiger charge is -2.32. The minimum atomic E-state index is -0.611. The van der Waals surface area contributed by atoms with E-state index < -0.39 is 6.10 Å². The van der Waals surface area contributed by atoms with Gasteiger partial charge in [0.2, 0.25) is 0 Å². The first-order valence-corrected chi connectivity index (χ1v) is 6.30. The van der Waals surface area contributed by atoms with Crippen LogP contribution in [0.5, 0.6) is 0 Å². The van der Waals surface area contributed by atoms with Crippen LogP contribution in [0.25, 0.3) is 0 Å². The number of anilines is 1. The van der Waals surface area contributed by atoms with Crippen LogP contribution in [0.2, 0.25) is 0 Å². The molecule has 1 aliphatic rings. The van der Waals surface area contributed by atoms with Crippen LogP contribution >= 0.6 is 0 Å². The van der Waals surface area contributed by atoms with Crippen LogP contribution in [-0.2, 0) is 0 Å². The highest BCUT2D eigenvalue weighted by molar-refractivity contribution is 5.49. The van der Waals surface area contributed by atoms with Gasteiger partial charge in [-0.1, -0.05) is 13.0 Å². The number of aliphatic hydroxyl groups excluding tert-OH is 1. The maximum Gasteiger partial charge on any atom is 0.146 e. The topological polar surface area (TPSA) is 23.5 Å². The van der Waals surface area contributed by atoms with Crippen molar-refractivity contribution in [3.8, 4) is 0 Å². The molecule has 1 atom stereocenters. The van der Waals surface area contributed by atoms with Gasteiger partial charge in [0.15, 0.2) is 0 Å². The predicted octanol–water partition coefficient (Wildman–Crippen LogP) is 3.12. The summed E-state index contributed by atoms with van der Waals surface area (Å²) in [5.41, 5.74) is 1.30. The fourth-order valence-corrected chi connectivity index (χ4v) is 2.29. The molecule has 0 spiro atoms.